The van der Waals surface area contributed by atoms with Gasteiger partial charge in [-0.3, -0.25) is 0 Å². The van der Waals surface area contributed by atoms with Crippen molar-refractivity contribution in [2.45, 2.75) is 0 Å². The maximum Gasteiger partial charge on any atom is 0.123 e. The van der Waals surface area contributed by atoms with Crippen LogP contribution in [0.2, 0.25) is 0 Å². The van der Waals surface area contributed by atoms with Crippen LogP contribution < -0.4 is 0 Å². The number of benzene rings is 1. The molecule has 0 saturated carbocycles. The molecule has 2 rings (SSSR count). The lowest BCUT2D eigenvalue weighted by atomic mass is 10.2. The molecule has 2 heteroatoms. The van der Waals surface area contributed by atoms with Crippen molar-refractivity contribution in [3.05, 3.63) is 36.3 Å². The SMILES string of the molecule is [3H]c1cc2cc(F)ccc2[nH]1. The number of H-pyrrole nitrogens is 1. The van der Waals surface area contributed by atoms with Gasteiger partial charge in [0.25, 0.3) is 0 Å². The fourth-order valence-corrected chi connectivity index (χ4v) is 0.958. The van der Waals surface area contributed by atoms with Crippen LogP contribution in [0.15, 0.2) is 30.4 Å². The average molecular weight is 137 g/mol. The minimum Gasteiger partial charge on any atom is -0.361 e. The van der Waals surface area contributed by atoms with Crippen LogP contribution in [0, 0.1) is 5.82 Å². The summed E-state index contributed by atoms with van der Waals surface area (Å²) in [4.78, 5) is 2.79. The first-order valence-corrected chi connectivity index (χ1v) is 3.00. The normalized spacial score (nSPS) is 11.9. The number of aromatic nitrogens is 1. The van der Waals surface area contributed by atoms with Crippen molar-refractivity contribution < 1.29 is 5.76 Å². The van der Waals surface area contributed by atoms with Gasteiger partial charge >= 0.3 is 0 Å². The van der Waals surface area contributed by atoms with Gasteiger partial charge in [-0.25, -0.2) is 4.39 Å². The molecule has 2 aromatic rings. The van der Waals surface area contributed by atoms with Crippen molar-refractivity contribution >= 4 is 10.9 Å². The number of aromatic amines is 1. The predicted octanol–water partition coefficient (Wildman–Crippen LogP) is 2.31. The average Bonchev–Trinajstić information content (AvgIpc) is 2.27. The van der Waals surface area contributed by atoms with Crippen LogP contribution in [-0.2, 0) is 0 Å². The summed E-state index contributed by atoms with van der Waals surface area (Å²) in [6, 6.07) is 6.00. The van der Waals surface area contributed by atoms with Gasteiger partial charge in [0.05, 0.1) is 1.37 Å². The fourth-order valence-electron chi connectivity index (χ4n) is 0.958. The first kappa shape index (κ1) is 4.50. The molecular weight excluding hydrogens is 129 g/mol. The monoisotopic (exact) mass is 137 g/mol. The molecular formula is C8H6FN. The molecule has 0 atom stereocenters. The zero-order valence-corrected chi connectivity index (χ0v) is 5.19. The summed E-state index contributed by atoms with van der Waals surface area (Å²) < 4.78 is 19.8. The molecule has 0 unspecified atom stereocenters. The molecule has 0 saturated heterocycles. The topological polar surface area (TPSA) is 15.8 Å². The molecule has 0 aliphatic heterocycles. The van der Waals surface area contributed by atoms with Crippen LogP contribution >= 0.6 is 0 Å². The van der Waals surface area contributed by atoms with Gasteiger partial charge in [0, 0.05) is 17.1 Å². The predicted molar refractivity (Wildman–Crippen MR) is 38.3 cm³/mol. The van der Waals surface area contributed by atoms with Crippen LogP contribution in [0.25, 0.3) is 10.9 Å². The van der Waals surface area contributed by atoms with Gasteiger partial charge in [-0.1, -0.05) is 0 Å². The minimum atomic E-state index is -0.267. The highest BCUT2D eigenvalue weighted by Crippen LogP contribution is 2.12. The largest absolute Gasteiger partial charge is 0.361 e. The molecule has 1 aromatic heterocycles. The van der Waals surface area contributed by atoms with E-state index >= 15 is 0 Å². The van der Waals surface area contributed by atoms with Crippen molar-refractivity contribution in [3.63, 3.8) is 0 Å². The lowest BCUT2D eigenvalue weighted by Gasteiger charge is -1.87. The molecule has 0 aliphatic rings. The van der Waals surface area contributed by atoms with Crippen LogP contribution in [0.4, 0.5) is 4.39 Å². The number of hydrogen-bond acceptors (Lipinski definition) is 0. The molecule has 50 valence electrons. The van der Waals surface area contributed by atoms with Gasteiger partial charge < -0.3 is 4.98 Å². The van der Waals surface area contributed by atoms with E-state index in [0.717, 1.165) is 10.9 Å². The number of fused-ring (bicyclic) bond motifs is 1. The molecule has 1 aromatic carbocycles. The molecule has 1 N–H and O–H groups in total. The fraction of sp³-hybridized carbons (Fsp3) is 0. The Kier molecular flexibility index (Phi) is 0.826. The van der Waals surface area contributed by atoms with Crippen LogP contribution in [-0.4, -0.2) is 4.98 Å². The summed E-state index contributed by atoms with van der Waals surface area (Å²) in [6.07, 6.45) is 0.311. The molecule has 0 bridgehead atoms. The first-order valence-electron chi connectivity index (χ1n) is 3.50. The van der Waals surface area contributed by atoms with Gasteiger partial charge in [-0.05, 0) is 24.3 Å². The van der Waals surface area contributed by atoms with Crippen LogP contribution in [0.1, 0.15) is 1.37 Å². The molecule has 0 fully saturated rings. The number of rotatable bonds is 0. The van der Waals surface area contributed by atoms with E-state index < -0.39 is 0 Å². The Labute approximate surface area is 58.9 Å². The van der Waals surface area contributed by atoms with E-state index in [2.05, 4.69) is 4.98 Å². The summed E-state index contributed by atoms with van der Waals surface area (Å²) >= 11 is 0. The summed E-state index contributed by atoms with van der Waals surface area (Å²) in [7, 11) is 0. The van der Waals surface area contributed by atoms with Crippen molar-refractivity contribution in [1.82, 2.24) is 4.98 Å². The molecule has 0 radical (unpaired) electrons. The first-order chi connectivity index (χ1) is 5.25. The second-order valence-electron chi connectivity index (χ2n) is 2.15. The lowest BCUT2D eigenvalue weighted by Crippen LogP contribution is -1.70. The lowest BCUT2D eigenvalue weighted by molar-refractivity contribution is 0.630. The molecule has 0 amide bonds. The highest BCUT2D eigenvalue weighted by molar-refractivity contribution is 5.78. The molecule has 10 heavy (non-hydrogen) atoms. The Morgan fingerprint density at radius 3 is 3.20 bits per heavy atom. The van der Waals surface area contributed by atoms with Crippen molar-refractivity contribution in [2.75, 3.05) is 0 Å². The van der Waals surface area contributed by atoms with Crippen LogP contribution in [0.5, 0.6) is 0 Å². The van der Waals surface area contributed by atoms with Gasteiger partial charge in [0.1, 0.15) is 5.82 Å². The molecule has 1 heterocycles. The third kappa shape index (κ3) is 0.692. The zero-order valence-electron chi connectivity index (χ0n) is 6.19. The van der Waals surface area contributed by atoms with E-state index in [9.17, 15) is 4.39 Å². The standard InChI is InChI=1S/C8H6FN/c9-7-1-2-8-6(5-7)3-4-10-8/h1-5,10H/i4T. The minimum absolute atomic E-state index is 0.267. The van der Waals surface area contributed by atoms with Crippen LogP contribution in [0.3, 0.4) is 0 Å². The smallest absolute Gasteiger partial charge is 0.123 e. The third-order valence-electron chi connectivity index (χ3n) is 1.45. The maximum atomic E-state index is 12.6. The van der Waals surface area contributed by atoms with Crippen molar-refractivity contribution in [3.8, 4) is 0 Å². The zero-order chi connectivity index (χ0) is 7.84. The van der Waals surface area contributed by atoms with Crippen molar-refractivity contribution in [1.29, 1.82) is 0 Å². The van der Waals surface area contributed by atoms with E-state index in [-0.39, 0.29) is 5.82 Å². The number of nitrogens with one attached hydrogen (secondary N) is 1. The summed E-state index contributed by atoms with van der Waals surface area (Å²) in [5.74, 6) is -0.267. The summed E-state index contributed by atoms with van der Waals surface area (Å²) in [6.45, 7) is 0. The quantitative estimate of drug-likeness (QED) is 0.573. The summed E-state index contributed by atoms with van der Waals surface area (Å²) in [5.41, 5.74) is 0.802. The molecule has 0 spiro atoms. The van der Waals surface area contributed by atoms with Gasteiger partial charge in [-0.15, -0.1) is 0 Å². The Hall–Kier alpha value is -1.31. The van der Waals surface area contributed by atoms with Gasteiger partial charge in [0.2, 0.25) is 0 Å². The van der Waals surface area contributed by atoms with E-state index in [0.29, 0.717) is 6.17 Å². The Bertz CT molecular complexity index is 394. The van der Waals surface area contributed by atoms with Gasteiger partial charge in [-0.2, -0.15) is 0 Å². The molecule has 0 aliphatic carbocycles. The third-order valence-corrected chi connectivity index (χ3v) is 1.45. The second-order valence-corrected chi connectivity index (χ2v) is 2.15. The maximum absolute atomic E-state index is 12.6. The Morgan fingerprint density at radius 1 is 1.40 bits per heavy atom. The Morgan fingerprint density at radius 2 is 2.30 bits per heavy atom. The molecule has 1 nitrogen and oxygen atoms in total. The van der Waals surface area contributed by atoms with E-state index in [1.165, 1.54) is 12.1 Å². The highest BCUT2D eigenvalue weighted by Gasteiger charge is 1.93. The second kappa shape index (κ2) is 1.84. The summed E-state index contributed by atoms with van der Waals surface area (Å²) in [5, 5.41) is 0.745. The highest BCUT2D eigenvalue weighted by atomic mass is 19.1. The van der Waals surface area contributed by atoms with E-state index in [4.69, 9.17) is 1.37 Å². The Balaban J connectivity index is 2.82. The number of hydrogen-bond donors (Lipinski definition) is 1. The van der Waals surface area contributed by atoms with Crippen molar-refractivity contribution in [2.24, 2.45) is 0 Å². The number of halogens is 1. The van der Waals surface area contributed by atoms with Gasteiger partial charge in [0.15, 0.2) is 0 Å². The van der Waals surface area contributed by atoms with E-state index in [1.807, 2.05) is 0 Å². The van der Waals surface area contributed by atoms with E-state index in [1.54, 1.807) is 12.1 Å².